The third kappa shape index (κ3) is 3.88. The lowest BCUT2D eigenvalue weighted by Gasteiger charge is -2.26. The largest absolute Gasteiger partial charge is 0.315 e. The number of benzene rings is 1. The average Bonchev–Trinajstić information content (AvgIpc) is 2.65. The molecule has 25 heavy (non-hydrogen) atoms. The second kappa shape index (κ2) is 8.02. The summed E-state index contributed by atoms with van der Waals surface area (Å²) in [4.78, 5) is 18.1. The molecule has 2 aromatic rings. The number of anilines is 1. The van der Waals surface area contributed by atoms with Gasteiger partial charge in [-0.05, 0) is 47.7 Å². The van der Waals surface area contributed by atoms with E-state index in [4.69, 9.17) is 0 Å². The van der Waals surface area contributed by atoms with Crippen LogP contribution in [0.2, 0.25) is 0 Å². The van der Waals surface area contributed by atoms with Crippen molar-refractivity contribution in [2.75, 3.05) is 17.7 Å². The topological polar surface area (TPSA) is 45.2 Å². The van der Waals surface area contributed by atoms with Gasteiger partial charge in [0, 0.05) is 48.9 Å². The summed E-state index contributed by atoms with van der Waals surface area (Å²) in [6, 6.07) is 8.87. The minimum atomic E-state index is 0.189. The number of hydrogen-bond acceptors (Lipinski definition) is 4. The second-order valence-electron chi connectivity index (χ2n) is 6.31. The van der Waals surface area contributed by atoms with Gasteiger partial charge in [0.2, 0.25) is 5.91 Å². The molecule has 5 heteroatoms. The van der Waals surface area contributed by atoms with Crippen LogP contribution in [0.3, 0.4) is 0 Å². The summed E-state index contributed by atoms with van der Waals surface area (Å²) in [7, 11) is 1.85. The summed E-state index contributed by atoms with van der Waals surface area (Å²) in [6.07, 6.45) is 6.29. The average molecular weight is 356 g/mol. The maximum Gasteiger partial charge on any atom is 0.227 e. The molecule has 1 atom stereocenters. The maximum atomic E-state index is 11.9. The highest BCUT2D eigenvalue weighted by molar-refractivity contribution is 7.97. The molecule has 1 aromatic carbocycles. The summed E-state index contributed by atoms with van der Waals surface area (Å²) in [5, 5.41) is 0. The Morgan fingerprint density at radius 1 is 1.20 bits per heavy atom. The second-order valence-corrected chi connectivity index (χ2v) is 7.42. The molecule has 0 fully saturated rings. The van der Waals surface area contributed by atoms with E-state index in [0.29, 0.717) is 12.5 Å². The highest BCUT2D eigenvalue weighted by atomic mass is 32.2. The first kappa shape index (κ1) is 18.0. The Hall–Kier alpha value is -1.85. The molecule has 0 saturated carbocycles. The third-order valence-corrected chi connectivity index (χ3v) is 5.44. The molecule has 0 radical (unpaired) electrons. The summed E-state index contributed by atoms with van der Waals surface area (Å²) < 4.78 is 3.51. The van der Waals surface area contributed by atoms with Gasteiger partial charge in [-0.2, -0.15) is 0 Å². The van der Waals surface area contributed by atoms with E-state index >= 15 is 0 Å². The molecular formula is C20H25N3OS. The summed E-state index contributed by atoms with van der Waals surface area (Å²) in [5.41, 5.74) is 5.76. The molecule has 1 amide bonds. The molecule has 0 spiro atoms. The van der Waals surface area contributed by atoms with Gasteiger partial charge in [0.1, 0.15) is 0 Å². The molecule has 0 aliphatic carbocycles. The van der Waals surface area contributed by atoms with Gasteiger partial charge in [-0.15, -0.1) is 0 Å². The van der Waals surface area contributed by atoms with Crippen LogP contribution in [-0.2, 0) is 11.2 Å². The number of aromatic nitrogens is 1. The van der Waals surface area contributed by atoms with Crippen LogP contribution >= 0.6 is 11.9 Å². The Kier molecular flexibility index (Phi) is 5.76. The monoisotopic (exact) mass is 355 g/mol. The third-order valence-electron chi connectivity index (χ3n) is 4.70. The Bertz CT molecular complexity index is 762. The quantitative estimate of drug-likeness (QED) is 0.782. The van der Waals surface area contributed by atoms with Crippen molar-refractivity contribution in [2.45, 2.75) is 39.2 Å². The van der Waals surface area contributed by atoms with Crippen LogP contribution in [0.1, 0.15) is 43.9 Å². The minimum Gasteiger partial charge on any atom is -0.315 e. The van der Waals surface area contributed by atoms with Gasteiger partial charge in [-0.1, -0.05) is 31.9 Å². The van der Waals surface area contributed by atoms with Crippen molar-refractivity contribution in [3.8, 4) is 11.1 Å². The lowest BCUT2D eigenvalue weighted by molar-refractivity contribution is -0.118. The van der Waals surface area contributed by atoms with Crippen molar-refractivity contribution in [2.24, 2.45) is 0 Å². The number of amides is 1. The van der Waals surface area contributed by atoms with Gasteiger partial charge >= 0.3 is 0 Å². The smallest absolute Gasteiger partial charge is 0.227 e. The van der Waals surface area contributed by atoms with Crippen molar-refractivity contribution >= 4 is 23.5 Å². The predicted octanol–water partition coefficient (Wildman–Crippen LogP) is 4.37. The predicted molar refractivity (Wildman–Crippen MR) is 106 cm³/mol. The van der Waals surface area contributed by atoms with Gasteiger partial charge in [0.25, 0.3) is 0 Å². The lowest BCUT2D eigenvalue weighted by Crippen LogP contribution is -2.30. The number of rotatable bonds is 6. The van der Waals surface area contributed by atoms with Crippen LogP contribution in [0, 0.1) is 0 Å². The number of nitrogens with one attached hydrogen (secondary N) is 1. The van der Waals surface area contributed by atoms with Crippen LogP contribution < -0.4 is 9.62 Å². The van der Waals surface area contributed by atoms with Gasteiger partial charge in [0.15, 0.2) is 0 Å². The number of carbonyl (C=O) groups is 1. The summed E-state index contributed by atoms with van der Waals surface area (Å²) >= 11 is 1.74. The van der Waals surface area contributed by atoms with Gasteiger partial charge in [-0.25, -0.2) is 0 Å². The maximum absolute atomic E-state index is 11.9. The number of pyridine rings is 1. The van der Waals surface area contributed by atoms with Gasteiger partial charge in [-0.3, -0.25) is 14.5 Å². The molecule has 132 valence electrons. The van der Waals surface area contributed by atoms with E-state index in [0.717, 1.165) is 35.4 Å². The Labute approximate surface area is 154 Å². The van der Waals surface area contributed by atoms with Crippen LogP contribution in [0.25, 0.3) is 11.1 Å². The lowest BCUT2D eigenvalue weighted by atomic mass is 9.95. The Morgan fingerprint density at radius 2 is 2.04 bits per heavy atom. The zero-order valence-electron chi connectivity index (χ0n) is 15.1. The molecule has 1 aliphatic heterocycles. The molecule has 3 rings (SSSR count). The summed E-state index contributed by atoms with van der Waals surface area (Å²) in [6.45, 7) is 4.33. The fourth-order valence-corrected chi connectivity index (χ4v) is 3.88. The molecule has 0 bridgehead atoms. The zero-order chi connectivity index (χ0) is 17.8. The van der Waals surface area contributed by atoms with E-state index in [1.165, 1.54) is 11.1 Å². The molecule has 1 N–H and O–H groups in total. The van der Waals surface area contributed by atoms with E-state index in [9.17, 15) is 4.79 Å². The molecule has 1 unspecified atom stereocenters. The normalized spacial score (nSPS) is 15.2. The molecular weight excluding hydrogens is 330 g/mol. The number of carbonyl (C=O) groups excluding carboxylic acids is 1. The van der Waals surface area contributed by atoms with Crippen LogP contribution in [0.15, 0.2) is 36.7 Å². The van der Waals surface area contributed by atoms with Crippen molar-refractivity contribution in [3.63, 3.8) is 0 Å². The van der Waals surface area contributed by atoms with Crippen molar-refractivity contribution in [3.05, 3.63) is 47.8 Å². The van der Waals surface area contributed by atoms with Crippen LogP contribution in [0.5, 0.6) is 0 Å². The van der Waals surface area contributed by atoms with E-state index in [1.54, 1.807) is 16.8 Å². The highest BCUT2D eigenvalue weighted by Gasteiger charge is 2.21. The van der Waals surface area contributed by atoms with Crippen molar-refractivity contribution in [1.82, 2.24) is 9.71 Å². The number of fused-ring (bicyclic) bond motifs is 1. The van der Waals surface area contributed by atoms with Gasteiger partial charge in [0.05, 0.1) is 0 Å². The standard InChI is InChI=1S/C20H25N3OS/c1-4-18(22-25-5-2)17-11-16(12-21-13-17)14-6-8-19-15(10-14)7-9-20(24)23(19)3/h6,8,10-13,18,22H,4-5,7,9H2,1-3H3. The molecule has 4 nitrogen and oxygen atoms in total. The summed E-state index contributed by atoms with van der Waals surface area (Å²) in [5.74, 6) is 1.23. The first-order valence-corrected chi connectivity index (χ1v) is 9.84. The van der Waals surface area contributed by atoms with Crippen molar-refractivity contribution in [1.29, 1.82) is 0 Å². The van der Waals surface area contributed by atoms with Crippen LogP contribution in [0.4, 0.5) is 5.69 Å². The van der Waals surface area contributed by atoms with E-state index in [2.05, 4.69) is 47.8 Å². The van der Waals surface area contributed by atoms with E-state index in [1.807, 2.05) is 19.4 Å². The first-order chi connectivity index (χ1) is 12.1. The Morgan fingerprint density at radius 3 is 2.80 bits per heavy atom. The number of hydrogen-bond donors (Lipinski definition) is 1. The minimum absolute atomic E-state index is 0.189. The van der Waals surface area contributed by atoms with E-state index < -0.39 is 0 Å². The Balaban J connectivity index is 1.90. The molecule has 2 heterocycles. The molecule has 0 saturated heterocycles. The molecule has 1 aromatic heterocycles. The van der Waals surface area contributed by atoms with Crippen LogP contribution in [-0.4, -0.2) is 23.7 Å². The van der Waals surface area contributed by atoms with Gasteiger partial charge < -0.3 is 4.90 Å². The van der Waals surface area contributed by atoms with Crippen molar-refractivity contribution < 1.29 is 4.79 Å². The SMILES string of the molecule is CCSNC(CC)c1cncc(-c2ccc3c(c2)CCC(=O)N3C)c1. The highest BCUT2D eigenvalue weighted by Crippen LogP contribution is 2.32. The molecule has 1 aliphatic rings. The zero-order valence-corrected chi connectivity index (χ0v) is 15.9. The number of nitrogens with zero attached hydrogens (tertiary/aromatic N) is 2. The first-order valence-electron chi connectivity index (χ1n) is 8.86. The fraction of sp³-hybridized carbons (Fsp3) is 0.400. The van der Waals surface area contributed by atoms with E-state index in [-0.39, 0.29) is 5.91 Å². The number of aryl methyl sites for hydroxylation is 1. The fourth-order valence-electron chi connectivity index (χ4n) is 3.21.